The van der Waals surface area contributed by atoms with Gasteiger partial charge in [0.25, 0.3) is 0 Å². The topological polar surface area (TPSA) is 55.4 Å². The van der Waals surface area contributed by atoms with Gasteiger partial charge < -0.3 is 10.1 Å². The lowest BCUT2D eigenvalue weighted by Crippen LogP contribution is -2.14. The van der Waals surface area contributed by atoms with E-state index in [4.69, 9.17) is 0 Å². The number of rotatable bonds is 7. The predicted molar refractivity (Wildman–Crippen MR) is 98.4 cm³/mol. The number of amides is 1. The van der Waals surface area contributed by atoms with Gasteiger partial charge in [-0.15, -0.1) is 0 Å². The van der Waals surface area contributed by atoms with Crippen molar-refractivity contribution < 1.29 is 23.1 Å². The smallest absolute Gasteiger partial charge is 0.387 e. The normalized spacial score (nSPS) is 13.1. The monoisotopic (exact) mass is 373 g/mol. The van der Waals surface area contributed by atoms with Gasteiger partial charge in [0, 0.05) is 24.1 Å². The van der Waals surface area contributed by atoms with Crippen LogP contribution in [0.15, 0.2) is 42.5 Å². The Morgan fingerprint density at radius 1 is 0.963 bits per heavy atom. The fourth-order valence-electron chi connectivity index (χ4n) is 3.22. The van der Waals surface area contributed by atoms with Gasteiger partial charge in [0.2, 0.25) is 5.91 Å². The van der Waals surface area contributed by atoms with E-state index in [0.717, 1.165) is 19.3 Å². The molecule has 0 saturated heterocycles. The zero-order chi connectivity index (χ0) is 19.2. The van der Waals surface area contributed by atoms with Crippen molar-refractivity contribution >= 4 is 17.4 Å². The molecule has 0 heterocycles. The van der Waals surface area contributed by atoms with E-state index in [2.05, 4.69) is 10.1 Å². The molecule has 0 spiro atoms. The van der Waals surface area contributed by atoms with Crippen LogP contribution in [0.25, 0.3) is 0 Å². The summed E-state index contributed by atoms with van der Waals surface area (Å²) < 4.78 is 28.5. The molecule has 0 saturated carbocycles. The molecule has 2 aromatic carbocycles. The largest absolute Gasteiger partial charge is 0.435 e. The first kappa shape index (κ1) is 19.0. The molecule has 1 aliphatic carbocycles. The maximum absolute atomic E-state index is 12.4. The predicted octanol–water partition coefficient (Wildman–Crippen LogP) is 4.77. The van der Waals surface area contributed by atoms with Crippen molar-refractivity contribution in [2.75, 3.05) is 5.32 Å². The van der Waals surface area contributed by atoms with E-state index in [1.54, 1.807) is 0 Å². The second-order valence-corrected chi connectivity index (χ2v) is 6.56. The number of ketones is 1. The molecule has 4 nitrogen and oxygen atoms in total. The van der Waals surface area contributed by atoms with Gasteiger partial charge in [-0.1, -0.05) is 12.1 Å². The van der Waals surface area contributed by atoms with Crippen LogP contribution in [0.1, 0.15) is 47.2 Å². The molecule has 0 radical (unpaired) electrons. The quantitative estimate of drug-likeness (QED) is 0.712. The first-order valence-electron chi connectivity index (χ1n) is 9.01. The molecule has 2 aromatic rings. The summed E-state index contributed by atoms with van der Waals surface area (Å²) in [6, 6.07) is 11.5. The number of ether oxygens (including phenoxy) is 1. The molecule has 0 fully saturated rings. The highest BCUT2D eigenvalue weighted by Gasteiger charge is 2.14. The van der Waals surface area contributed by atoms with E-state index >= 15 is 0 Å². The highest BCUT2D eigenvalue weighted by Crippen LogP contribution is 2.23. The highest BCUT2D eigenvalue weighted by molar-refractivity contribution is 6.00. The Bertz CT molecular complexity index is 819. The second-order valence-electron chi connectivity index (χ2n) is 6.56. The number of aryl methyl sites for hydroxylation is 2. The van der Waals surface area contributed by atoms with Crippen LogP contribution in [0.2, 0.25) is 0 Å². The summed E-state index contributed by atoms with van der Waals surface area (Å²) in [7, 11) is 0. The number of Topliss-reactive ketones (excluding diaryl/α,β-unsaturated/α-hetero) is 1. The number of anilines is 1. The molecule has 1 aliphatic rings. The summed E-state index contributed by atoms with van der Waals surface area (Å²) in [5.74, 6) is -0.339. The Labute approximate surface area is 156 Å². The maximum Gasteiger partial charge on any atom is 0.387 e. The summed E-state index contributed by atoms with van der Waals surface area (Å²) in [6.45, 7) is -2.89. The first-order valence-corrected chi connectivity index (χ1v) is 9.01. The van der Waals surface area contributed by atoms with Gasteiger partial charge in [0.1, 0.15) is 5.75 Å². The molecule has 0 unspecified atom stereocenters. The minimum Gasteiger partial charge on any atom is -0.435 e. The molecule has 1 N–H and O–H groups in total. The number of nitrogens with one attached hydrogen (secondary N) is 1. The molecule has 27 heavy (non-hydrogen) atoms. The average Bonchev–Trinajstić information content (AvgIpc) is 2.67. The van der Waals surface area contributed by atoms with Crippen LogP contribution in [-0.4, -0.2) is 18.3 Å². The van der Waals surface area contributed by atoms with Crippen molar-refractivity contribution in [3.63, 3.8) is 0 Å². The zero-order valence-corrected chi connectivity index (χ0v) is 14.8. The van der Waals surface area contributed by atoms with Crippen molar-refractivity contribution in [1.29, 1.82) is 0 Å². The maximum atomic E-state index is 12.4. The molecule has 0 bridgehead atoms. The number of alkyl halides is 2. The summed E-state index contributed by atoms with van der Waals surface area (Å²) in [5.41, 5.74) is 3.66. The van der Waals surface area contributed by atoms with Crippen molar-refractivity contribution in [2.24, 2.45) is 0 Å². The fourth-order valence-corrected chi connectivity index (χ4v) is 3.22. The lowest BCUT2D eigenvalue weighted by atomic mass is 9.89. The van der Waals surface area contributed by atoms with Gasteiger partial charge in [-0.3, -0.25) is 9.59 Å². The zero-order valence-electron chi connectivity index (χ0n) is 14.8. The molecule has 0 aliphatic heterocycles. The molecule has 3 rings (SSSR count). The second kappa shape index (κ2) is 8.75. The van der Waals surface area contributed by atoms with E-state index in [-0.39, 0.29) is 30.3 Å². The van der Waals surface area contributed by atoms with E-state index < -0.39 is 6.61 Å². The Morgan fingerprint density at radius 3 is 2.37 bits per heavy atom. The van der Waals surface area contributed by atoms with E-state index in [0.29, 0.717) is 11.3 Å². The van der Waals surface area contributed by atoms with Gasteiger partial charge in [0.05, 0.1) is 0 Å². The summed E-state index contributed by atoms with van der Waals surface area (Å²) in [4.78, 5) is 24.4. The summed E-state index contributed by atoms with van der Waals surface area (Å²) in [5, 5.41) is 2.65. The van der Waals surface area contributed by atoms with Crippen molar-refractivity contribution in [2.45, 2.75) is 45.1 Å². The Hall–Kier alpha value is -2.76. The highest BCUT2D eigenvalue weighted by atomic mass is 19.3. The Morgan fingerprint density at radius 2 is 1.67 bits per heavy atom. The van der Waals surface area contributed by atoms with Crippen LogP contribution >= 0.6 is 0 Å². The van der Waals surface area contributed by atoms with E-state index in [9.17, 15) is 18.4 Å². The van der Waals surface area contributed by atoms with Gasteiger partial charge in [-0.05, 0) is 67.1 Å². The van der Waals surface area contributed by atoms with Gasteiger partial charge in [-0.2, -0.15) is 8.78 Å². The number of carbonyl (C=O) groups excluding carboxylic acids is 2. The molecular formula is C21H21F2NO3. The molecule has 142 valence electrons. The molecule has 6 heteroatoms. The minimum absolute atomic E-state index is 0.0191. The van der Waals surface area contributed by atoms with Crippen LogP contribution in [0.5, 0.6) is 5.75 Å². The molecule has 1 amide bonds. The number of hydrogen-bond donors (Lipinski definition) is 1. The van der Waals surface area contributed by atoms with Crippen LogP contribution in [0.3, 0.4) is 0 Å². The summed E-state index contributed by atoms with van der Waals surface area (Å²) >= 11 is 0. The van der Waals surface area contributed by atoms with Gasteiger partial charge in [0.15, 0.2) is 5.78 Å². The fraction of sp³-hybridized carbons (Fsp3) is 0.333. The van der Waals surface area contributed by atoms with Crippen LogP contribution in [-0.2, 0) is 17.6 Å². The third kappa shape index (κ3) is 5.36. The van der Waals surface area contributed by atoms with E-state index in [1.165, 1.54) is 41.8 Å². The number of hydrogen-bond acceptors (Lipinski definition) is 3. The number of fused-ring (bicyclic) bond motifs is 1. The molecular weight excluding hydrogens is 352 g/mol. The van der Waals surface area contributed by atoms with Crippen molar-refractivity contribution in [3.8, 4) is 5.75 Å². The minimum atomic E-state index is -2.89. The molecule has 0 aromatic heterocycles. The number of carbonyl (C=O) groups is 2. The number of benzene rings is 2. The third-order valence-corrected chi connectivity index (χ3v) is 4.61. The van der Waals surface area contributed by atoms with E-state index in [1.807, 2.05) is 18.2 Å². The standard InChI is InChI=1S/C21H21F2NO3/c22-21(23)27-18-9-7-17(8-10-18)24-20(26)12-11-19(25)16-6-5-14-3-1-2-4-15(14)13-16/h5-10,13,21H,1-4,11-12H2,(H,24,26). The van der Waals surface area contributed by atoms with Crippen molar-refractivity contribution in [1.82, 2.24) is 0 Å². The summed E-state index contributed by atoms with van der Waals surface area (Å²) in [6.07, 6.45) is 4.59. The Balaban J connectivity index is 1.50. The van der Waals surface area contributed by atoms with Crippen LogP contribution < -0.4 is 10.1 Å². The Kier molecular flexibility index (Phi) is 6.16. The first-order chi connectivity index (χ1) is 13.0. The lowest BCUT2D eigenvalue weighted by Gasteiger charge is -2.16. The van der Waals surface area contributed by atoms with Crippen LogP contribution in [0.4, 0.5) is 14.5 Å². The number of halogens is 2. The third-order valence-electron chi connectivity index (χ3n) is 4.61. The molecule has 0 atom stereocenters. The SMILES string of the molecule is O=C(CCC(=O)c1ccc2c(c1)CCCC2)Nc1ccc(OC(F)F)cc1. The average molecular weight is 373 g/mol. The van der Waals surface area contributed by atoms with Crippen LogP contribution in [0, 0.1) is 0 Å². The lowest BCUT2D eigenvalue weighted by molar-refractivity contribution is -0.116. The van der Waals surface area contributed by atoms with Crippen molar-refractivity contribution in [3.05, 3.63) is 59.2 Å². The van der Waals surface area contributed by atoms with Gasteiger partial charge in [-0.25, -0.2) is 0 Å². The van der Waals surface area contributed by atoms with Gasteiger partial charge >= 0.3 is 6.61 Å².